The first-order valence-electron chi connectivity index (χ1n) is 8.37. The molecule has 0 spiro atoms. The average molecular weight is 324 g/mol. The fourth-order valence-electron chi connectivity index (χ4n) is 2.94. The van der Waals surface area contributed by atoms with Gasteiger partial charge in [0.15, 0.2) is 5.78 Å². The van der Waals surface area contributed by atoms with E-state index in [9.17, 15) is 4.79 Å². The standard InChI is InChI=1S/C19H24N4O/c1-19(2,3)23-11-9-22(10-12-23)18-20-13-16(14-21-18)17(24)15-7-5-4-6-8-15/h4-8,13-14H,9-12H2,1-3H3. The van der Waals surface area contributed by atoms with Gasteiger partial charge in [-0.15, -0.1) is 0 Å². The lowest BCUT2D eigenvalue weighted by atomic mass is 10.1. The number of rotatable bonds is 3. The number of piperazine rings is 1. The van der Waals surface area contributed by atoms with Crippen molar-refractivity contribution in [2.45, 2.75) is 26.3 Å². The largest absolute Gasteiger partial charge is 0.338 e. The van der Waals surface area contributed by atoms with Gasteiger partial charge in [0.1, 0.15) is 0 Å². The average Bonchev–Trinajstić information content (AvgIpc) is 2.61. The number of aromatic nitrogens is 2. The van der Waals surface area contributed by atoms with Crippen molar-refractivity contribution < 1.29 is 4.79 Å². The highest BCUT2D eigenvalue weighted by Crippen LogP contribution is 2.18. The van der Waals surface area contributed by atoms with Gasteiger partial charge in [-0.25, -0.2) is 9.97 Å². The van der Waals surface area contributed by atoms with Gasteiger partial charge in [-0.3, -0.25) is 9.69 Å². The predicted molar refractivity (Wildman–Crippen MR) is 95.4 cm³/mol. The van der Waals surface area contributed by atoms with Crippen molar-refractivity contribution in [1.29, 1.82) is 0 Å². The number of carbonyl (C=O) groups excluding carboxylic acids is 1. The Morgan fingerprint density at radius 3 is 2.04 bits per heavy atom. The summed E-state index contributed by atoms with van der Waals surface area (Å²) in [7, 11) is 0. The van der Waals surface area contributed by atoms with Gasteiger partial charge in [0.2, 0.25) is 5.95 Å². The molecule has 126 valence electrons. The summed E-state index contributed by atoms with van der Waals surface area (Å²) in [5.41, 5.74) is 1.38. The monoisotopic (exact) mass is 324 g/mol. The molecule has 0 N–H and O–H groups in total. The van der Waals surface area contributed by atoms with E-state index >= 15 is 0 Å². The van der Waals surface area contributed by atoms with E-state index in [1.807, 2.05) is 30.3 Å². The van der Waals surface area contributed by atoms with Crippen molar-refractivity contribution in [3.05, 3.63) is 53.9 Å². The third kappa shape index (κ3) is 3.62. The second-order valence-electron chi connectivity index (χ2n) is 7.11. The van der Waals surface area contributed by atoms with Crippen LogP contribution in [0.5, 0.6) is 0 Å². The van der Waals surface area contributed by atoms with Crippen LogP contribution < -0.4 is 4.90 Å². The molecule has 0 radical (unpaired) electrons. The van der Waals surface area contributed by atoms with Gasteiger partial charge in [0, 0.05) is 49.7 Å². The minimum atomic E-state index is -0.0419. The van der Waals surface area contributed by atoms with E-state index in [1.54, 1.807) is 12.4 Å². The van der Waals surface area contributed by atoms with Gasteiger partial charge in [-0.1, -0.05) is 30.3 Å². The normalized spacial score (nSPS) is 16.2. The Hall–Kier alpha value is -2.27. The van der Waals surface area contributed by atoms with Crippen LogP contribution in [0.3, 0.4) is 0 Å². The van der Waals surface area contributed by atoms with Gasteiger partial charge in [-0.05, 0) is 20.8 Å². The Morgan fingerprint density at radius 2 is 1.50 bits per heavy atom. The zero-order valence-corrected chi connectivity index (χ0v) is 14.6. The third-order valence-electron chi connectivity index (χ3n) is 4.45. The van der Waals surface area contributed by atoms with E-state index in [1.165, 1.54) is 0 Å². The van der Waals surface area contributed by atoms with Crippen molar-refractivity contribution in [3.63, 3.8) is 0 Å². The summed E-state index contributed by atoms with van der Waals surface area (Å²) in [4.78, 5) is 25.9. The molecule has 24 heavy (non-hydrogen) atoms. The summed E-state index contributed by atoms with van der Waals surface area (Å²) in [5, 5.41) is 0. The highest BCUT2D eigenvalue weighted by Gasteiger charge is 2.26. The van der Waals surface area contributed by atoms with Gasteiger partial charge in [0.05, 0.1) is 5.56 Å². The van der Waals surface area contributed by atoms with Crippen LogP contribution in [0.15, 0.2) is 42.7 Å². The molecule has 1 fully saturated rings. The lowest BCUT2D eigenvalue weighted by Crippen LogP contribution is -2.53. The van der Waals surface area contributed by atoms with E-state index in [0.717, 1.165) is 26.2 Å². The van der Waals surface area contributed by atoms with Crippen molar-refractivity contribution >= 4 is 11.7 Å². The first-order valence-corrected chi connectivity index (χ1v) is 8.37. The van der Waals surface area contributed by atoms with Crippen molar-refractivity contribution in [2.24, 2.45) is 0 Å². The highest BCUT2D eigenvalue weighted by molar-refractivity contribution is 6.08. The minimum Gasteiger partial charge on any atom is -0.338 e. The molecule has 1 aromatic carbocycles. The topological polar surface area (TPSA) is 49.3 Å². The molecule has 0 saturated carbocycles. The number of nitrogens with zero attached hydrogens (tertiary/aromatic N) is 4. The first-order chi connectivity index (χ1) is 11.4. The quantitative estimate of drug-likeness (QED) is 0.812. The maximum Gasteiger partial charge on any atom is 0.225 e. The van der Waals surface area contributed by atoms with Crippen LogP contribution >= 0.6 is 0 Å². The molecule has 5 nitrogen and oxygen atoms in total. The fourth-order valence-corrected chi connectivity index (χ4v) is 2.94. The second kappa shape index (κ2) is 6.69. The van der Waals surface area contributed by atoms with Crippen molar-refractivity contribution in [3.8, 4) is 0 Å². The van der Waals surface area contributed by atoms with E-state index in [0.29, 0.717) is 17.1 Å². The first kappa shape index (κ1) is 16.6. The van der Waals surface area contributed by atoms with Gasteiger partial charge >= 0.3 is 0 Å². The van der Waals surface area contributed by atoms with Crippen LogP contribution in [-0.2, 0) is 0 Å². The van der Waals surface area contributed by atoms with Crippen LogP contribution in [0.2, 0.25) is 0 Å². The molecule has 0 unspecified atom stereocenters. The lowest BCUT2D eigenvalue weighted by molar-refractivity contribution is 0.103. The summed E-state index contributed by atoms with van der Waals surface area (Å²) >= 11 is 0. The summed E-state index contributed by atoms with van der Waals surface area (Å²) in [6, 6.07) is 9.23. The highest BCUT2D eigenvalue weighted by atomic mass is 16.1. The van der Waals surface area contributed by atoms with Crippen LogP contribution in [-0.4, -0.2) is 52.4 Å². The molecule has 2 heterocycles. The summed E-state index contributed by atoms with van der Waals surface area (Å²) in [6.07, 6.45) is 3.27. The molecule has 0 atom stereocenters. The predicted octanol–water partition coefficient (Wildman–Crippen LogP) is 2.63. The van der Waals surface area contributed by atoms with E-state index in [2.05, 4.69) is 40.5 Å². The molecule has 1 aliphatic heterocycles. The zero-order chi connectivity index (χ0) is 17.2. The molecular weight excluding hydrogens is 300 g/mol. The number of benzene rings is 1. The Bertz CT molecular complexity index is 684. The summed E-state index contributed by atoms with van der Waals surface area (Å²) < 4.78 is 0. The maximum atomic E-state index is 12.4. The molecule has 2 aromatic rings. The number of anilines is 1. The van der Waals surface area contributed by atoms with E-state index in [-0.39, 0.29) is 11.3 Å². The smallest absolute Gasteiger partial charge is 0.225 e. The number of hydrogen-bond donors (Lipinski definition) is 0. The van der Waals surface area contributed by atoms with Gasteiger partial charge < -0.3 is 4.90 Å². The Labute approximate surface area is 143 Å². The Kier molecular flexibility index (Phi) is 4.62. The molecule has 0 amide bonds. The maximum absolute atomic E-state index is 12.4. The third-order valence-corrected chi connectivity index (χ3v) is 4.45. The zero-order valence-electron chi connectivity index (χ0n) is 14.6. The minimum absolute atomic E-state index is 0.0419. The van der Waals surface area contributed by atoms with Crippen LogP contribution in [0.4, 0.5) is 5.95 Å². The summed E-state index contributed by atoms with van der Waals surface area (Å²) in [6.45, 7) is 10.5. The second-order valence-corrected chi connectivity index (χ2v) is 7.11. The van der Waals surface area contributed by atoms with Crippen LogP contribution in [0.25, 0.3) is 0 Å². The molecule has 5 heteroatoms. The Balaban J connectivity index is 1.67. The summed E-state index contributed by atoms with van der Waals surface area (Å²) in [5.74, 6) is 0.660. The molecular formula is C19H24N4O. The SMILES string of the molecule is CC(C)(C)N1CCN(c2ncc(C(=O)c3ccccc3)cn2)CC1. The molecule has 0 aliphatic carbocycles. The van der Waals surface area contributed by atoms with Crippen molar-refractivity contribution in [1.82, 2.24) is 14.9 Å². The number of ketones is 1. The van der Waals surface area contributed by atoms with Gasteiger partial charge in [-0.2, -0.15) is 0 Å². The Morgan fingerprint density at radius 1 is 0.917 bits per heavy atom. The van der Waals surface area contributed by atoms with Crippen molar-refractivity contribution in [2.75, 3.05) is 31.1 Å². The van der Waals surface area contributed by atoms with E-state index in [4.69, 9.17) is 0 Å². The van der Waals surface area contributed by atoms with E-state index < -0.39 is 0 Å². The fraction of sp³-hybridized carbons (Fsp3) is 0.421. The molecule has 1 aromatic heterocycles. The lowest BCUT2D eigenvalue weighted by Gasteiger charge is -2.42. The van der Waals surface area contributed by atoms with Crippen LogP contribution in [0.1, 0.15) is 36.7 Å². The van der Waals surface area contributed by atoms with Crippen LogP contribution in [0, 0.1) is 0 Å². The molecule has 1 aliphatic rings. The molecule has 1 saturated heterocycles. The van der Waals surface area contributed by atoms with Gasteiger partial charge in [0.25, 0.3) is 0 Å². The number of hydrogen-bond acceptors (Lipinski definition) is 5. The molecule has 0 bridgehead atoms. The number of carbonyl (C=O) groups is 1. The molecule has 3 rings (SSSR count).